The fourth-order valence-electron chi connectivity index (χ4n) is 1.95. The van der Waals surface area contributed by atoms with Gasteiger partial charge in [-0.25, -0.2) is 4.39 Å². The molecular weight excluding hydrogens is 278 g/mol. The minimum atomic E-state index is -4.33. The van der Waals surface area contributed by atoms with E-state index in [1.807, 2.05) is 0 Å². The molecule has 0 unspecified atom stereocenters. The Hall–Kier alpha value is -1.83. The number of nitrogens with one attached hydrogen (secondary N) is 1. The van der Waals surface area contributed by atoms with Crippen LogP contribution >= 0.6 is 0 Å². The van der Waals surface area contributed by atoms with Crippen molar-refractivity contribution in [3.63, 3.8) is 0 Å². The monoisotopic (exact) mass is 291 g/mol. The lowest BCUT2D eigenvalue weighted by atomic mass is 10.1. The standard InChI is InChI=1S/C12H13F4N3O/c13-8-2-1-7(9(5-8)10(17)19-20)6-18-11(3-4-11)12(14,15)16/h1-2,5,18,20H,3-4,6H2,(H2,17,19). The molecule has 0 heterocycles. The van der Waals surface area contributed by atoms with Gasteiger partial charge in [-0.3, -0.25) is 5.32 Å². The molecule has 1 aliphatic rings. The van der Waals surface area contributed by atoms with E-state index in [1.54, 1.807) is 0 Å². The van der Waals surface area contributed by atoms with E-state index in [1.165, 1.54) is 6.07 Å². The highest BCUT2D eigenvalue weighted by Gasteiger charge is 2.62. The molecule has 1 fully saturated rings. The second-order valence-electron chi connectivity index (χ2n) is 4.72. The largest absolute Gasteiger partial charge is 0.409 e. The van der Waals surface area contributed by atoms with Gasteiger partial charge in [-0.1, -0.05) is 11.2 Å². The van der Waals surface area contributed by atoms with Crippen molar-refractivity contribution >= 4 is 5.84 Å². The van der Waals surface area contributed by atoms with Crippen LogP contribution < -0.4 is 11.1 Å². The van der Waals surface area contributed by atoms with E-state index in [4.69, 9.17) is 10.9 Å². The summed E-state index contributed by atoms with van der Waals surface area (Å²) in [5.41, 5.74) is 3.92. The van der Waals surface area contributed by atoms with E-state index in [9.17, 15) is 17.6 Å². The van der Waals surface area contributed by atoms with Crippen LogP contribution in [0.4, 0.5) is 17.6 Å². The van der Waals surface area contributed by atoms with Crippen LogP contribution in [0.3, 0.4) is 0 Å². The number of nitrogens with zero attached hydrogens (tertiary/aromatic N) is 1. The second-order valence-corrected chi connectivity index (χ2v) is 4.72. The fourth-order valence-corrected chi connectivity index (χ4v) is 1.95. The SMILES string of the molecule is N/C(=N/O)c1cc(F)ccc1CNC1(C(F)(F)F)CC1. The maximum Gasteiger partial charge on any atom is 0.406 e. The van der Waals surface area contributed by atoms with Crippen LogP contribution in [0, 0.1) is 5.82 Å². The maximum atomic E-state index is 13.1. The Bertz CT molecular complexity index is 538. The van der Waals surface area contributed by atoms with Crippen LogP contribution in [0.25, 0.3) is 0 Å². The zero-order valence-corrected chi connectivity index (χ0v) is 10.3. The summed E-state index contributed by atoms with van der Waals surface area (Å²) in [6.07, 6.45) is -4.31. The Kier molecular flexibility index (Phi) is 3.59. The lowest BCUT2D eigenvalue weighted by Crippen LogP contribution is -2.44. The number of nitrogens with two attached hydrogens (primary N) is 1. The molecule has 0 spiro atoms. The molecule has 0 atom stereocenters. The Balaban J connectivity index is 2.19. The first-order valence-electron chi connectivity index (χ1n) is 5.87. The molecule has 1 aromatic rings. The summed E-state index contributed by atoms with van der Waals surface area (Å²) in [4.78, 5) is 0. The van der Waals surface area contributed by atoms with Crippen LogP contribution in [0.5, 0.6) is 0 Å². The minimum Gasteiger partial charge on any atom is -0.409 e. The highest BCUT2D eigenvalue weighted by molar-refractivity contribution is 5.98. The number of halogens is 4. The van der Waals surface area contributed by atoms with Crippen molar-refractivity contribution in [3.05, 3.63) is 35.1 Å². The molecule has 4 nitrogen and oxygen atoms in total. The van der Waals surface area contributed by atoms with Gasteiger partial charge < -0.3 is 10.9 Å². The average molecular weight is 291 g/mol. The molecule has 2 rings (SSSR count). The van der Waals surface area contributed by atoms with E-state index >= 15 is 0 Å². The highest BCUT2D eigenvalue weighted by Crippen LogP contribution is 2.49. The molecule has 0 aromatic heterocycles. The van der Waals surface area contributed by atoms with Gasteiger partial charge in [0.15, 0.2) is 5.84 Å². The average Bonchev–Trinajstić information content (AvgIpc) is 3.17. The van der Waals surface area contributed by atoms with Crippen LogP contribution in [0.2, 0.25) is 0 Å². The predicted octanol–water partition coefficient (Wildman–Crippen LogP) is 2.10. The van der Waals surface area contributed by atoms with Gasteiger partial charge in [0.1, 0.15) is 11.4 Å². The lowest BCUT2D eigenvalue weighted by molar-refractivity contribution is -0.166. The molecule has 0 aliphatic heterocycles. The summed E-state index contributed by atoms with van der Waals surface area (Å²) in [7, 11) is 0. The van der Waals surface area contributed by atoms with Crippen molar-refractivity contribution < 1.29 is 22.8 Å². The first-order chi connectivity index (χ1) is 9.29. The molecule has 1 saturated carbocycles. The maximum absolute atomic E-state index is 13.1. The zero-order chi connectivity index (χ0) is 15.0. The molecule has 110 valence electrons. The molecule has 1 aromatic carbocycles. The molecule has 20 heavy (non-hydrogen) atoms. The molecule has 0 radical (unpaired) electrons. The van der Waals surface area contributed by atoms with Gasteiger partial charge in [0.05, 0.1) is 0 Å². The quantitative estimate of drug-likeness (QED) is 0.261. The molecule has 1 aliphatic carbocycles. The third-order valence-electron chi connectivity index (χ3n) is 3.37. The third-order valence-corrected chi connectivity index (χ3v) is 3.37. The first-order valence-corrected chi connectivity index (χ1v) is 5.87. The number of hydrogen-bond donors (Lipinski definition) is 3. The number of amidine groups is 1. The van der Waals surface area contributed by atoms with Gasteiger partial charge in [0.25, 0.3) is 0 Å². The Morgan fingerprint density at radius 2 is 2.05 bits per heavy atom. The van der Waals surface area contributed by atoms with Crippen molar-refractivity contribution in [2.75, 3.05) is 0 Å². The van der Waals surface area contributed by atoms with Crippen molar-refractivity contribution in [3.8, 4) is 0 Å². The van der Waals surface area contributed by atoms with E-state index in [0.29, 0.717) is 5.56 Å². The van der Waals surface area contributed by atoms with E-state index in [-0.39, 0.29) is 30.8 Å². The smallest absolute Gasteiger partial charge is 0.406 e. The molecule has 8 heteroatoms. The summed E-state index contributed by atoms with van der Waals surface area (Å²) in [6, 6.07) is 3.43. The van der Waals surface area contributed by atoms with Crippen molar-refractivity contribution in [1.82, 2.24) is 5.32 Å². The van der Waals surface area contributed by atoms with Gasteiger partial charge in [-0.05, 0) is 30.5 Å². The third kappa shape index (κ3) is 2.69. The molecule has 0 amide bonds. The van der Waals surface area contributed by atoms with Crippen LogP contribution in [-0.2, 0) is 6.54 Å². The summed E-state index contributed by atoms with van der Waals surface area (Å²) in [6.45, 7) is -0.147. The number of oxime groups is 1. The zero-order valence-electron chi connectivity index (χ0n) is 10.3. The van der Waals surface area contributed by atoms with Gasteiger partial charge in [-0.15, -0.1) is 0 Å². The normalized spacial score (nSPS) is 18.1. The van der Waals surface area contributed by atoms with Crippen LogP contribution in [0.1, 0.15) is 24.0 Å². The summed E-state index contributed by atoms with van der Waals surface area (Å²) in [5.74, 6) is -0.967. The van der Waals surface area contributed by atoms with Gasteiger partial charge in [0, 0.05) is 12.1 Å². The second kappa shape index (κ2) is 4.93. The number of rotatable bonds is 4. The molecule has 4 N–H and O–H groups in total. The summed E-state index contributed by atoms with van der Waals surface area (Å²) >= 11 is 0. The molecular formula is C12H13F4N3O. The van der Waals surface area contributed by atoms with Crippen molar-refractivity contribution in [1.29, 1.82) is 0 Å². The Labute approximate surface area is 112 Å². The Morgan fingerprint density at radius 1 is 1.40 bits per heavy atom. The van der Waals surface area contributed by atoms with E-state index in [2.05, 4.69) is 10.5 Å². The van der Waals surface area contributed by atoms with Crippen LogP contribution in [-0.4, -0.2) is 22.8 Å². The molecule has 0 saturated heterocycles. The van der Waals surface area contributed by atoms with Crippen molar-refractivity contribution in [2.45, 2.75) is 31.1 Å². The van der Waals surface area contributed by atoms with Gasteiger partial charge >= 0.3 is 6.18 Å². The topological polar surface area (TPSA) is 70.6 Å². The van der Waals surface area contributed by atoms with Crippen molar-refractivity contribution in [2.24, 2.45) is 10.9 Å². The summed E-state index contributed by atoms with van der Waals surface area (Å²) in [5, 5.41) is 13.8. The lowest BCUT2D eigenvalue weighted by Gasteiger charge is -2.21. The first kappa shape index (κ1) is 14.6. The highest BCUT2D eigenvalue weighted by atomic mass is 19.4. The van der Waals surface area contributed by atoms with Gasteiger partial charge in [0.2, 0.25) is 0 Å². The predicted molar refractivity (Wildman–Crippen MR) is 63.8 cm³/mol. The van der Waals surface area contributed by atoms with Gasteiger partial charge in [-0.2, -0.15) is 13.2 Å². The van der Waals surface area contributed by atoms with E-state index < -0.39 is 17.5 Å². The van der Waals surface area contributed by atoms with E-state index in [0.717, 1.165) is 12.1 Å². The van der Waals surface area contributed by atoms with Crippen LogP contribution in [0.15, 0.2) is 23.4 Å². The number of benzene rings is 1. The fraction of sp³-hybridized carbons (Fsp3) is 0.417. The number of alkyl halides is 3. The summed E-state index contributed by atoms with van der Waals surface area (Å²) < 4.78 is 51.5. The molecule has 0 bridgehead atoms. The number of hydrogen-bond acceptors (Lipinski definition) is 3. The minimum absolute atomic E-state index is 0.0105. The Morgan fingerprint density at radius 3 is 2.55 bits per heavy atom.